The van der Waals surface area contributed by atoms with Crippen LogP contribution in [0.1, 0.15) is 40.5 Å². The Morgan fingerprint density at radius 3 is 2.33 bits per heavy atom. The summed E-state index contributed by atoms with van der Waals surface area (Å²) in [6.07, 6.45) is 2.05. The van der Waals surface area contributed by atoms with E-state index in [1.165, 1.54) is 0 Å². The second-order valence-electron chi connectivity index (χ2n) is 6.37. The fourth-order valence-corrected chi connectivity index (χ4v) is 3.32. The molecule has 3 rings (SSSR count). The summed E-state index contributed by atoms with van der Waals surface area (Å²) in [5, 5.41) is 14.1. The zero-order valence-electron chi connectivity index (χ0n) is 14.8. The van der Waals surface area contributed by atoms with Crippen molar-refractivity contribution < 1.29 is 19.5 Å². The van der Waals surface area contributed by atoms with Crippen molar-refractivity contribution in [1.82, 2.24) is 5.32 Å². The predicted molar refractivity (Wildman–Crippen MR) is 104 cm³/mol. The minimum Gasteiger partial charge on any atom is -0.480 e. The largest absolute Gasteiger partial charge is 0.480 e. The molecule has 0 heterocycles. The first-order valence-corrected chi connectivity index (χ1v) is 9.53. The molecule has 3 N–H and O–H groups in total. The number of carboxylic acids is 1. The SMILES string of the molecule is CC(Sc1ccccc1C(=O)Nc1ccc(C(=O)NC2CC2)cc1)C(=O)O. The second kappa shape index (κ2) is 8.26. The molecule has 7 heteroatoms. The minimum atomic E-state index is -0.935. The number of carboxylic acid groups (broad SMARTS) is 1. The highest BCUT2D eigenvalue weighted by molar-refractivity contribution is 8.00. The Bertz CT molecular complexity index is 863. The Hall–Kier alpha value is -2.80. The van der Waals surface area contributed by atoms with E-state index < -0.39 is 11.2 Å². The summed E-state index contributed by atoms with van der Waals surface area (Å²) < 4.78 is 0. The van der Waals surface area contributed by atoms with Gasteiger partial charge in [-0.2, -0.15) is 0 Å². The Balaban J connectivity index is 1.68. The Labute approximate surface area is 161 Å². The first-order valence-electron chi connectivity index (χ1n) is 8.65. The molecule has 27 heavy (non-hydrogen) atoms. The monoisotopic (exact) mass is 384 g/mol. The maximum Gasteiger partial charge on any atom is 0.316 e. The van der Waals surface area contributed by atoms with Gasteiger partial charge in [0.05, 0.1) is 5.56 Å². The number of amides is 2. The van der Waals surface area contributed by atoms with Gasteiger partial charge in [-0.15, -0.1) is 11.8 Å². The first-order chi connectivity index (χ1) is 12.9. The lowest BCUT2D eigenvalue weighted by Crippen LogP contribution is -2.25. The normalized spacial score (nSPS) is 14.3. The van der Waals surface area contributed by atoms with E-state index >= 15 is 0 Å². The molecule has 140 valence electrons. The number of anilines is 1. The third kappa shape index (κ3) is 5.10. The molecule has 6 nitrogen and oxygen atoms in total. The van der Waals surface area contributed by atoms with Crippen molar-refractivity contribution in [2.24, 2.45) is 0 Å². The average Bonchev–Trinajstić information content (AvgIpc) is 3.46. The van der Waals surface area contributed by atoms with Crippen molar-refractivity contribution in [1.29, 1.82) is 0 Å². The number of rotatable bonds is 7. The molecule has 1 aliphatic carbocycles. The second-order valence-corrected chi connectivity index (χ2v) is 7.76. The maximum atomic E-state index is 12.6. The van der Waals surface area contributed by atoms with Crippen LogP contribution in [0.3, 0.4) is 0 Å². The van der Waals surface area contributed by atoms with Gasteiger partial charge in [0.1, 0.15) is 5.25 Å². The molecule has 0 aromatic heterocycles. The summed E-state index contributed by atoms with van der Waals surface area (Å²) in [7, 11) is 0. The Kier molecular flexibility index (Phi) is 5.81. The molecular formula is C20H20N2O4S. The molecule has 1 saturated carbocycles. The van der Waals surface area contributed by atoms with Crippen molar-refractivity contribution >= 4 is 35.2 Å². The summed E-state index contributed by atoms with van der Waals surface area (Å²) in [4.78, 5) is 36.3. The number of carbonyl (C=O) groups is 3. The lowest BCUT2D eigenvalue weighted by Gasteiger charge is -2.12. The molecule has 0 bridgehead atoms. The quantitative estimate of drug-likeness (QED) is 0.636. The Morgan fingerprint density at radius 1 is 1.04 bits per heavy atom. The van der Waals surface area contributed by atoms with Crippen LogP contribution in [0.2, 0.25) is 0 Å². The van der Waals surface area contributed by atoms with Gasteiger partial charge in [0.15, 0.2) is 0 Å². The van der Waals surface area contributed by atoms with Crippen molar-refractivity contribution in [3.05, 3.63) is 59.7 Å². The fourth-order valence-electron chi connectivity index (χ4n) is 2.40. The zero-order valence-corrected chi connectivity index (χ0v) is 15.6. The molecule has 2 aromatic carbocycles. The standard InChI is InChI=1S/C20H20N2O4S/c1-12(20(25)26)27-17-5-3-2-4-16(17)19(24)22-14-8-6-13(7-9-14)18(23)21-15-10-11-15/h2-9,12,15H,10-11H2,1H3,(H,21,23)(H,22,24)(H,25,26). The van der Waals surface area contributed by atoms with Crippen LogP contribution in [0.5, 0.6) is 0 Å². The van der Waals surface area contributed by atoms with Gasteiger partial charge in [-0.3, -0.25) is 14.4 Å². The van der Waals surface area contributed by atoms with Crippen molar-refractivity contribution in [3.8, 4) is 0 Å². The van der Waals surface area contributed by atoms with E-state index in [9.17, 15) is 14.4 Å². The van der Waals surface area contributed by atoms with E-state index in [1.54, 1.807) is 55.5 Å². The summed E-state index contributed by atoms with van der Waals surface area (Å²) in [5.74, 6) is -1.37. The van der Waals surface area contributed by atoms with Crippen LogP contribution in [0.15, 0.2) is 53.4 Å². The molecule has 2 amide bonds. The van der Waals surface area contributed by atoms with Crippen LogP contribution in [-0.2, 0) is 4.79 Å². The summed E-state index contributed by atoms with van der Waals surface area (Å²) >= 11 is 1.12. The van der Waals surface area contributed by atoms with Gasteiger partial charge in [-0.1, -0.05) is 12.1 Å². The molecule has 1 unspecified atom stereocenters. The van der Waals surface area contributed by atoms with Crippen LogP contribution < -0.4 is 10.6 Å². The van der Waals surface area contributed by atoms with Gasteiger partial charge < -0.3 is 15.7 Å². The third-order valence-corrected chi connectivity index (χ3v) is 5.27. The number of carbonyl (C=O) groups excluding carboxylic acids is 2. The molecule has 1 fully saturated rings. The Morgan fingerprint density at radius 2 is 1.70 bits per heavy atom. The van der Waals surface area contributed by atoms with Gasteiger partial charge in [-0.05, 0) is 56.2 Å². The molecule has 0 saturated heterocycles. The van der Waals surface area contributed by atoms with Gasteiger partial charge in [0.25, 0.3) is 11.8 Å². The molecule has 1 atom stereocenters. The topological polar surface area (TPSA) is 95.5 Å². The van der Waals surface area contributed by atoms with Crippen molar-refractivity contribution in [2.45, 2.75) is 36.0 Å². The smallest absolute Gasteiger partial charge is 0.316 e. The van der Waals surface area contributed by atoms with E-state index in [2.05, 4.69) is 10.6 Å². The number of benzene rings is 2. The number of hydrogen-bond donors (Lipinski definition) is 3. The molecular weight excluding hydrogens is 364 g/mol. The van der Waals surface area contributed by atoms with E-state index in [-0.39, 0.29) is 11.8 Å². The van der Waals surface area contributed by atoms with E-state index in [0.29, 0.717) is 27.8 Å². The van der Waals surface area contributed by atoms with Gasteiger partial charge in [-0.25, -0.2) is 0 Å². The minimum absolute atomic E-state index is 0.111. The van der Waals surface area contributed by atoms with Gasteiger partial charge in [0.2, 0.25) is 0 Å². The molecule has 0 spiro atoms. The highest BCUT2D eigenvalue weighted by atomic mass is 32.2. The van der Waals surface area contributed by atoms with Crippen molar-refractivity contribution in [2.75, 3.05) is 5.32 Å². The van der Waals surface area contributed by atoms with E-state index in [4.69, 9.17) is 5.11 Å². The summed E-state index contributed by atoms with van der Waals surface area (Å²) in [6, 6.07) is 13.9. The number of thioether (sulfide) groups is 1. The van der Waals surface area contributed by atoms with Crippen LogP contribution in [0.25, 0.3) is 0 Å². The average molecular weight is 384 g/mol. The first kappa shape index (κ1) is 19.0. The lowest BCUT2D eigenvalue weighted by molar-refractivity contribution is -0.136. The fraction of sp³-hybridized carbons (Fsp3) is 0.250. The highest BCUT2D eigenvalue weighted by Gasteiger charge is 2.23. The van der Waals surface area contributed by atoms with Crippen molar-refractivity contribution in [3.63, 3.8) is 0 Å². The van der Waals surface area contributed by atoms with E-state index in [0.717, 1.165) is 24.6 Å². The van der Waals surface area contributed by atoms with Crippen LogP contribution in [-0.4, -0.2) is 34.2 Å². The van der Waals surface area contributed by atoms with E-state index in [1.807, 2.05) is 0 Å². The van der Waals surface area contributed by atoms with Gasteiger partial charge in [0, 0.05) is 22.2 Å². The predicted octanol–water partition coefficient (Wildman–Crippen LogP) is 3.40. The molecule has 0 radical (unpaired) electrons. The highest BCUT2D eigenvalue weighted by Crippen LogP contribution is 2.27. The van der Waals surface area contributed by atoms with Gasteiger partial charge >= 0.3 is 5.97 Å². The zero-order chi connectivity index (χ0) is 19.4. The number of aliphatic carboxylic acids is 1. The summed E-state index contributed by atoms with van der Waals surface area (Å²) in [5.41, 5.74) is 1.52. The number of nitrogens with one attached hydrogen (secondary N) is 2. The molecule has 0 aliphatic heterocycles. The lowest BCUT2D eigenvalue weighted by atomic mass is 10.1. The maximum absolute atomic E-state index is 12.6. The van der Waals surface area contributed by atoms with Crippen LogP contribution in [0, 0.1) is 0 Å². The number of hydrogen-bond acceptors (Lipinski definition) is 4. The van der Waals surface area contributed by atoms with Crippen LogP contribution >= 0.6 is 11.8 Å². The molecule has 1 aliphatic rings. The van der Waals surface area contributed by atoms with Crippen LogP contribution in [0.4, 0.5) is 5.69 Å². The summed E-state index contributed by atoms with van der Waals surface area (Å²) in [6.45, 7) is 1.58. The third-order valence-electron chi connectivity index (χ3n) is 4.10. The molecule has 2 aromatic rings.